The molecule has 0 saturated carbocycles. The van der Waals surface area contributed by atoms with Crippen molar-refractivity contribution in [2.75, 3.05) is 18.0 Å². The Hall–Kier alpha value is -2.70. The van der Waals surface area contributed by atoms with E-state index in [9.17, 15) is 18.0 Å². The number of anilines is 1. The molecular formula is C18H16F3NO3. The zero-order chi connectivity index (χ0) is 18.2. The molecule has 0 atom stereocenters. The first-order chi connectivity index (χ1) is 11.7. The molecule has 1 N–H and O–H groups in total. The standard InChI is InChI=1S/C18H16F3NO3/c1-11-8-13(4-7-16(11)17(23)24)22-9-15(10-22)25-14-5-2-12(3-6-14)18(19,20)21/h2-8,15H,9-10H2,1H3,(H,23,24). The van der Waals surface area contributed by atoms with Crippen LogP contribution in [0, 0.1) is 6.92 Å². The van der Waals surface area contributed by atoms with Gasteiger partial charge in [-0.25, -0.2) is 4.79 Å². The molecule has 0 radical (unpaired) electrons. The lowest BCUT2D eigenvalue weighted by Gasteiger charge is -2.40. The van der Waals surface area contributed by atoms with E-state index in [0.29, 0.717) is 24.4 Å². The van der Waals surface area contributed by atoms with Crippen molar-refractivity contribution in [3.8, 4) is 5.75 Å². The Morgan fingerprint density at radius 1 is 1.16 bits per heavy atom. The highest BCUT2D eigenvalue weighted by Crippen LogP contribution is 2.31. The molecular weight excluding hydrogens is 335 g/mol. The van der Waals surface area contributed by atoms with Crippen LogP contribution in [0.3, 0.4) is 0 Å². The van der Waals surface area contributed by atoms with Crippen LogP contribution in [0.1, 0.15) is 21.5 Å². The number of hydrogen-bond donors (Lipinski definition) is 1. The Balaban J connectivity index is 1.58. The van der Waals surface area contributed by atoms with Gasteiger partial charge in [-0.3, -0.25) is 0 Å². The number of alkyl halides is 3. The first-order valence-corrected chi connectivity index (χ1v) is 7.67. The summed E-state index contributed by atoms with van der Waals surface area (Å²) in [6.45, 7) is 2.92. The van der Waals surface area contributed by atoms with E-state index in [1.807, 2.05) is 4.90 Å². The summed E-state index contributed by atoms with van der Waals surface area (Å²) in [5.74, 6) is -0.564. The number of benzene rings is 2. The number of ether oxygens (including phenoxy) is 1. The van der Waals surface area contributed by atoms with Crippen molar-refractivity contribution in [3.05, 3.63) is 59.2 Å². The van der Waals surface area contributed by atoms with Crippen LogP contribution in [0.2, 0.25) is 0 Å². The Kier molecular flexibility index (Phi) is 4.32. The largest absolute Gasteiger partial charge is 0.487 e. The normalized spacial score (nSPS) is 15.0. The Labute approximate surface area is 142 Å². The summed E-state index contributed by atoms with van der Waals surface area (Å²) in [7, 11) is 0. The summed E-state index contributed by atoms with van der Waals surface area (Å²) in [6, 6.07) is 9.74. The molecule has 0 bridgehead atoms. The van der Waals surface area contributed by atoms with Gasteiger partial charge in [0.15, 0.2) is 0 Å². The van der Waals surface area contributed by atoms with Crippen LogP contribution >= 0.6 is 0 Å². The van der Waals surface area contributed by atoms with Gasteiger partial charge in [0.1, 0.15) is 11.9 Å². The fourth-order valence-electron chi connectivity index (χ4n) is 2.72. The topological polar surface area (TPSA) is 49.8 Å². The summed E-state index contributed by atoms with van der Waals surface area (Å²) in [5, 5.41) is 9.04. The van der Waals surface area contributed by atoms with E-state index in [-0.39, 0.29) is 11.7 Å². The molecule has 4 nitrogen and oxygen atoms in total. The Morgan fingerprint density at radius 3 is 2.32 bits per heavy atom. The third kappa shape index (κ3) is 3.70. The fourth-order valence-corrected chi connectivity index (χ4v) is 2.72. The molecule has 1 saturated heterocycles. The average molecular weight is 351 g/mol. The number of carbonyl (C=O) groups is 1. The number of carboxylic acids is 1. The summed E-state index contributed by atoms with van der Waals surface area (Å²) < 4.78 is 43.2. The van der Waals surface area contributed by atoms with Crippen LogP contribution in [-0.4, -0.2) is 30.3 Å². The molecule has 2 aromatic rings. The highest BCUT2D eigenvalue weighted by Gasteiger charge is 2.31. The van der Waals surface area contributed by atoms with Crippen LogP contribution in [0.4, 0.5) is 18.9 Å². The van der Waals surface area contributed by atoms with Crippen LogP contribution < -0.4 is 9.64 Å². The molecule has 132 valence electrons. The molecule has 0 unspecified atom stereocenters. The van der Waals surface area contributed by atoms with E-state index in [0.717, 1.165) is 17.8 Å². The molecule has 25 heavy (non-hydrogen) atoms. The highest BCUT2D eigenvalue weighted by molar-refractivity contribution is 5.90. The smallest absolute Gasteiger partial charge is 0.416 e. The van der Waals surface area contributed by atoms with Gasteiger partial charge in [-0.15, -0.1) is 0 Å². The summed E-state index contributed by atoms with van der Waals surface area (Å²) in [6.07, 6.45) is -4.47. The zero-order valence-electron chi connectivity index (χ0n) is 13.4. The van der Waals surface area contributed by atoms with Gasteiger partial charge in [0.2, 0.25) is 0 Å². The number of rotatable bonds is 4. The quantitative estimate of drug-likeness (QED) is 0.905. The third-order valence-electron chi connectivity index (χ3n) is 4.14. The molecule has 1 heterocycles. The minimum atomic E-state index is -4.36. The average Bonchev–Trinajstić information content (AvgIpc) is 2.49. The molecule has 1 aliphatic heterocycles. The number of nitrogens with zero attached hydrogens (tertiary/aromatic N) is 1. The van der Waals surface area contributed by atoms with Crippen molar-refractivity contribution in [2.45, 2.75) is 19.2 Å². The van der Waals surface area contributed by atoms with Gasteiger partial charge in [-0.05, 0) is 55.0 Å². The minimum Gasteiger partial charge on any atom is -0.487 e. The SMILES string of the molecule is Cc1cc(N2CC(Oc3ccc(C(F)(F)F)cc3)C2)ccc1C(=O)O. The van der Waals surface area contributed by atoms with E-state index >= 15 is 0 Å². The van der Waals surface area contributed by atoms with Gasteiger partial charge in [-0.1, -0.05) is 0 Å². The molecule has 0 aromatic heterocycles. The number of halogens is 3. The lowest BCUT2D eigenvalue weighted by Crippen LogP contribution is -2.54. The van der Waals surface area contributed by atoms with Crippen molar-refractivity contribution in [1.82, 2.24) is 0 Å². The predicted octanol–water partition coefficient (Wildman–Crippen LogP) is 3.98. The summed E-state index contributed by atoms with van der Waals surface area (Å²) >= 11 is 0. The Morgan fingerprint density at radius 2 is 1.80 bits per heavy atom. The van der Waals surface area contributed by atoms with Crippen molar-refractivity contribution in [2.24, 2.45) is 0 Å². The van der Waals surface area contributed by atoms with E-state index in [1.54, 1.807) is 25.1 Å². The third-order valence-corrected chi connectivity index (χ3v) is 4.14. The van der Waals surface area contributed by atoms with Gasteiger partial charge in [0.05, 0.1) is 24.2 Å². The lowest BCUT2D eigenvalue weighted by molar-refractivity contribution is -0.137. The van der Waals surface area contributed by atoms with Gasteiger partial charge < -0.3 is 14.7 Å². The van der Waals surface area contributed by atoms with E-state index in [1.165, 1.54) is 12.1 Å². The van der Waals surface area contributed by atoms with Gasteiger partial charge in [-0.2, -0.15) is 13.2 Å². The van der Waals surface area contributed by atoms with Crippen molar-refractivity contribution >= 4 is 11.7 Å². The first-order valence-electron chi connectivity index (χ1n) is 7.67. The maximum atomic E-state index is 12.5. The molecule has 1 aliphatic rings. The molecule has 7 heteroatoms. The van der Waals surface area contributed by atoms with Gasteiger partial charge in [0.25, 0.3) is 0 Å². The maximum Gasteiger partial charge on any atom is 0.416 e. The number of aryl methyl sites for hydroxylation is 1. The second-order valence-electron chi connectivity index (χ2n) is 5.97. The zero-order valence-corrected chi connectivity index (χ0v) is 13.4. The number of aromatic carboxylic acids is 1. The monoisotopic (exact) mass is 351 g/mol. The van der Waals surface area contributed by atoms with Crippen LogP contribution in [0.5, 0.6) is 5.75 Å². The van der Waals surface area contributed by atoms with Crippen LogP contribution in [0.15, 0.2) is 42.5 Å². The number of carboxylic acid groups (broad SMARTS) is 1. The molecule has 1 fully saturated rings. The van der Waals surface area contributed by atoms with Gasteiger partial charge in [0, 0.05) is 5.69 Å². The van der Waals surface area contributed by atoms with E-state index < -0.39 is 17.7 Å². The molecule has 0 aliphatic carbocycles. The predicted molar refractivity (Wildman–Crippen MR) is 86.2 cm³/mol. The highest BCUT2D eigenvalue weighted by atomic mass is 19.4. The Bertz CT molecular complexity index is 781. The van der Waals surface area contributed by atoms with Crippen molar-refractivity contribution < 1.29 is 27.8 Å². The van der Waals surface area contributed by atoms with Gasteiger partial charge >= 0.3 is 12.1 Å². The number of hydrogen-bond acceptors (Lipinski definition) is 3. The van der Waals surface area contributed by atoms with E-state index in [2.05, 4.69) is 0 Å². The fraction of sp³-hybridized carbons (Fsp3) is 0.278. The molecule has 0 spiro atoms. The van der Waals surface area contributed by atoms with Crippen LogP contribution in [-0.2, 0) is 6.18 Å². The van der Waals surface area contributed by atoms with Crippen molar-refractivity contribution in [1.29, 1.82) is 0 Å². The second kappa shape index (κ2) is 6.31. The molecule has 2 aromatic carbocycles. The lowest BCUT2D eigenvalue weighted by atomic mass is 10.0. The molecule has 0 amide bonds. The minimum absolute atomic E-state index is 0.115. The van der Waals surface area contributed by atoms with E-state index in [4.69, 9.17) is 9.84 Å². The van der Waals surface area contributed by atoms with Crippen molar-refractivity contribution in [3.63, 3.8) is 0 Å². The summed E-state index contributed by atoms with van der Waals surface area (Å²) in [5.41, 5.74) is 1.14. The second-order valence-corrected chi connectivity index (χ2v) is 5.97. The maximum absolute atomic E-state index is 12.5. The summed E-state index contributed by atoms with van der Waals surface area (Å²) in [4.78, 5) is 13.0. The first kappa shape index (κ1) is 17.1. The van der Waals surface area contributed by atoms with Crippen LogP contribution in [0.25, 0.3) is 0 Å². The molecule has 3 rings (SSSR count).